The van der Waals surface area contributed by atoms with Crippen LogP contribution in [0.15, 0.2) is 59.1 Å². The molecule has 0 amide bonds. The fourth-order valence-corrected chi connectivity index (χ4v) is 3.33. The van der Waals surface area contributed by atoms with Crippen molar-refractivity contribution in [3.05, 3.63) is 66.2 Å². The first kappa shape index (κ1) is 18.9. The van der Waals surface area contributed by atoms with Gasteiger partial charge in [0.15, 0.2) is 5.78 Å². The van der Waals surface area contributed by atoms with Crippen LogP contribution in [0.5, 0.6) is 5.75 Å². The summed E-state index contributed by atoms with van der Waals surface area (Å²) in [5.74, 6) is 2.34. The summed E-state index contributed by atoms with van der Waals surface area (Å²) < 4.78 is 13.5. The van der Waals surface area contributed by atoms with E-state index in [4.69, 9.17) is 9.15 Å². The van der Waals surface area contributed by atoms with Crippen molar-refractivity contribution in [3.8, 4) is 17.2 Å². The number of hydrogen-bond donors (Lipinski definition) is 0. The van der Waals surface area contributed by atoms with Crippen molar-refractivity contribution in [1.82, 2.24) is 14.8 Å². The van der Waals surface area contributed by atoms with Crippen molar-refractivity contribution in [1.29, 1.82) is 0 Å². The lowest BCUT2D eigenvalue weighted by Gasteiger charge is -2.07. The van der Waals surface area contributed by atoms with Crippen molar-refractivity contribution in [2.24, 2.45) is 0 Å². The standard InChI is InChI=1S/C23H23N3O3/c1-16(27)15-26-21-11-6-12-22(19(21)14-24-26)28-13-7-10-20-17(2)29-23(25-20)18-8-4-3-5-9-18/h3-6,8-9,11-12,14H,7,10,13,15H2,1-2H3. The quantitative estimate of drug-likeness (QED) is 0.412. The molecule has 29 heavy (non-hydrogen) atoms. The smallest absolute Gasteiger partial charge is 0.226 e. The third-order valence-corrected chi connectivity index (χ3v) is 4.75. The lowest BCUT2D eigenvalue weighted by atomic mass is 10.2. The monoisotopic (exact) mass is 389 g/mol. The first-order valence-corrected chi connectivity index (χ1v) is 9.70. The zero-order chi connectivity index (χ0) is 20.2. The first-order chi connectivity index (χ1) is 14.1. The van der Waals surface area contributed by atoms with Crippen LogP contribution >= 0.6 is 0 Å². The summed E-state index contributed by atoms with van der Waals surface area (Å²) in [5.41, 5.74) is 2.84. The predicted molar refractivity (Wildman–Crippen MR) is 111 cm³/mol. The van der Waals surface area contributed by atoms with Crippen LogP contribution in [-0.4, -0.2) is 27.2 Å². The number of aryl methyl sites for hydroxylation is 2. The van der Waals surface area contributed by atoms with Gasteiger partial charge in [0.2, 0.25) is 5.89 Å². The minimum Gasteiger partial charge on any atom is -0.493 e. The largest absolute Gasteiger partial charge is 0.493 e. The third kappa shape index (κ3) is 4.21. The molecule has 0 fully saturated rings. The number of hydrogen-bond acceptors (Lipinski definition) is 5. The Morgan fingerprint density at radius 3 is 2.76 bits per heavy atom. The number of carbonyl (C=O) groups is 1. The molecule has 0 atom stereocenters. The molecule has 6 nitrogen and oxygen atoms in total. The minimum atomic E-state index is 0.0687. The highest BCUT2D eigenvalue weighted by Crippen LogP contribution is 2.26. The Bertz CT molecular complexity index is 1130. The summed E-state index contributed by atoms with van der Waals surface area (Å²) in [6, 6.07) is 15.7. The second-order valence-corrected chi connectivity index (χ2v) is 7.03. The number of aromatic nitrogens is 3. The maximum absolute atomic E-state index is 11.4. The molecule has 0 radical (unpaired) electrons. The molecule has 2 aromatic carbocycles. The number of carbonyl (C=O) groups excluding carboxylic acids is 1. The van der Waals surface area contributed by atoms with Gasteiger partial charge in [-0.1, -0.05) is 24.3 Å². The van der Waals surface area contributed by atoms with Crippen LogP contribution in [0.3, 0.4) is 0 Å². The van der Waals surface area contributed by atoms with Gasteiger partial charge >= 0.3 is 0 Å². The van der Waals surface area contributed by atoms with E-state index in [0.717, 1.165) is 46.5 Å². The molecule has 0 spiro atoms. The van der Waals surface area contributed by atoms with E-state index in [9.17, 15) is 4.79 Å². The van der Waals surface area contributed by atoms with Gasteiger partial charge in [-0.15, -0.1) is 0 Å². The van der Waals surface area contributed by atoms with Gasteiger partial charge in [-0.3, -0.25) is 9.48 Å². The number of rotatable bonds is 8. The summed E-state index contributed by atoms with van der Waals surface area (Å²) in [4.78, 5) is 16.0. The van der Waals surface area contributed by atoms with Crippen LogP contribution in [0, 0.1) is 6.92 Å². The SMILES string of the molecule is CC(=O)Cn1ncc2c(OCCCc3nc(-c4ccccc4)oc3C)cccc21. The van der Waals surface area contributed by atoms with E-state index in [1.165, 1.54) is 0 Å². The number of Topliss-reactive ketones (excluding diaryl/α,β-unsaturated/α-hetero) is 1. The topological polar surface area (TPSA) is 70.2 Å². The molecule has 0 aliphatic carbocycles. The summed E-state index contributed by atoms with van der Waals surface area (Å²) >= 11 is 0. The predicted octanol–water partition coefficient (Wildman–Crippen LogP) is 4.60. The van der Waals surface area contributed by atoms with Gasteiger partial charge < -0.3 is 9.15 Å². The number of ketones is 1. The molecule has 4 rings (SSSR count). The lowest BCUT2D eigenvalue weighted by molar-refractivity contribution is -0.117. The van der Waals surface area contributed by atoms with Crippen LogP contribution < -0.4 is 4.74 Å². The molecule has 0 saturated carbocycles. The average Bonchev–Trinajstić information content (AvgIpc) is 3.30. The average molecular weight is 389 g/mol. The lowest BCUT2D eigenvalue weighted by Crippen LogP contribution is -2.07. The van der Waals surface area contributed by atoms with E-state index in [2.05, 4.69) is 10.1 Å². The number of oxazole rings is 1. The van der Waals surface area contributed by atoms with Crippen molar-refractivity contribution in [2.45, 2.75) is 33.2 Å². The van der Waals surface area contributed by atoms with Crippen LogP contribution in [0.2, 0.25) is 0 Å². The van der Waals surface area contributed by atoms with Gasteiger partial charge in [0.25, 0.3) is 0 Å². The van der Waals surface area contributed by atoms with Gasteiger partial charge in [0.05, 0.1) is 35.9 Å². The van der Waals surface area contributed by atoms with Gasteiger partial charge in [-0.25, -0.2) is 4.98 Å². The highest BCUT2D eigenvalue weighted by molar-refractivity contribution is 5.86. The van der Waals surface area contributed by atoms with Gasteiger partial charge in [-0.2, -0.15) is 5.10 Å². The van der Waals surface area contributed by atoms with Gasteiger partial charge in [-0.05, 0) is 51.0 Å². The Morgan fingerprint density at radius 1 is 1.14 bits per heavy atom. The zero-order valence-corrected chi connectivity index (χ0v) is 16.6. The summed E-state index contributed by atoms with van der Waals surface area (Å²) in [5, 5.41) is 5.22. The van der Waals surface area contributed by atoms with E-state index in [1.54, 1.807) is 17.8 Å². The molecule has 148 valence electrons. The molecule has 0 aliphatic rings. The Hall–Kier alpha value is -3.41. The fraction of sp³-hybridized carbons (Fsp3) is 0.261. The Balaban J connectivity index is 1.38. The number of ether oxygens (including phenoxy) is 1. The maximum Gasteiger partial charge on any atom is 0.226 e. The Kier molecular flexibility index (Phi) is 5.42. The zero-order valence-electron chi connectivity index (χ0n) is 16.6. The molecule has 2 heterocycles. The van der Waals surface area contributed by atoms with E-state index < -0.39 is 0 Å². The maximum atomic E-state index is 11.4. The minimum absolute atomic E-state index is 0.0687. The molecule has 0 aliphatic heterocycles. The number of benzene rings is 2. The van der Waals surface area contributed by atoms with Crippen molar-refractivity contribution in [3.63, 3.8) is 0 Å². The van der Waals surface area contributed by atoms with Crippen LogP contribution in [-0.2, 0) is 17.8 Å². The summed E-state index contributed by atoms with van der Waals surface area (Å²) in [6.45, 7) is 4.33. The van der Waals surface area contributed by atoms with Gasteiger partial charge in [0.1, 0.15) is 11.5 Å². The molecular formula is C23H23N3O3. The van der Waals surface area contributed by atoms with Crippen molar-refractivity contribution in [2.75, 3.05) is 6.61 Å². The fourth-order valence-electron chi connectivity index (χ4n) is 3.33. The second-order valence-electron chi connectivity index (χ2n) is 7.03. The molecule has 0 saturated heterocycles. The summed E-state index contributed by atoms with van der Waals surface area (Å²) in [6.07, 6.45) is 3.35. The number of nitrogens with zero attached hydrogens (tertiary/aromatic N) is 3. The van der Waals surface area contributed by atoms with Crippen LogP contribution in [0.4, 0.5) is 0 Å². The van der Waals surface area contributed by atoms with Gasteiger partial charge in [0, 0.05) is 5.56 Å². The molecule has 4 aromatic rings. The Morgan fingerprint density at radius 2 is 1.97 bits per heavy atom. The van der Waals surface area contributed by atoms with E-state index in [-0.39, 0.29) is 12.3 Å². The molecule has 2 aromatic heterocycles. The molecule has 0 N–H and O–H groups in total. The summed E-state index contributed by atoms with van der Waals surface area (Å²) in [7, 11) is 0. The Labute approximate surface area is 169 Å². The van der Waals surface area contributed by atoms with Crippen molar-refractivity contribution < 1.29 is 13.9 Å². The number of fused-ring (bicyclic) bond motifs is 1. The molecule has 6 heteroatoms. The molecule has 0 unspecified atom stereocenters. The second kappa shape index (κ2) is 8.31. The van der Waals surface area contributed by atoms with E-state index in [1.807, 2.05) is 55.5 Å². The van der Waals surface area contributed by atoms with Crippen LogP contribution in [0.1, 0.15) is 24.8 Å². The highest BCUT2D eigenvalue weighted by atomic mass is 16.5. The molecular weight excluding hydrogens is 366 g/mol. The van der Waals surface area contributed by atoms with E-state index in [0.29, 0.717) is 12.5 Å². The van der Waals surface area contributed by atoms with E-state index >= 15 is 0 Å². The molecule has 0 bridgehead atoms. The highest BCUT2D eigenvalue weighted by Gasteiger charge is 2.12. The van der Waals surface area contributed by atoms with Crippen LogP contribution in [0.25, 0.3) is 22.4 Å². The van der Waals surface area contributed by atoms with Crippen molar-refractivity contribution >= 4 is 16.7 Å². The normalized spacial score (nSPS) is 11.1. The third-order valence-electron chi connectivity index (χ3n) is 4.75. The first-order valence-electron chi connectivity index (χ1n) is 9.70.